The van der Waals surface area contributed by atoms with Gasteiger partial charge in [-0.15, -0.1) is 5.10 Å². The van der Waals surface area contributed by atoms with Gasteiger partial charge in [0, 0.05) is 0 Å². The van der Waals surface area contributed by atoms with Gasteiger partial charge in [0.1, 0.15) is 6.33 Å². The number of tetrazole rings is 1. The van der Waals surface area contributed by atoms with E-state index >= 15 is 0 Å². The van der Waals surface area contributed by atoms with E-state index in [9.17, 15) is 0 Å². The molecule has 14 heavy (non-hydrogen) atoms. The minimum absolute atomic E-state index is 1.02. The highest BCUT2D eigenvalue weighted by atomic mass is 15.5. The third-order valence-electron chi connectivity index (χ3n) is 1.71. The number of aryl methyl sites for hydroxylation is 1. The minimum atomic E-state index is 1.02. The Hall–Kier alpha value is -1.71. The second-order valence-corrected chi connectivity index (χ2v) is 2.54. The van der Waals surface area contributed by atoms with Crippen LogP contribution in [0, 0.1) is 6.92 Å². The maximum atomic E-state index is 3.80. The van der Waals surface area contributed by atoms with Crippen molar-refractivity contribution in [2.45, 2.75) is 20.8 Å². The summed E-state index contributed by atoms with van der Waals surface area (Å²) in [5.41, 5.74) is 2.17. The van der Waals surface area contributed by atoms with E-state index in [4.69, 9.17) is 0 Å². The van der Waals surface area contributed by atoms with Gasteiger partial charge in [-0.3, -0.25) is 0 Å². The van der Waals surface area contributed by atoms with Crippen molar-refractivity contribution < 1.29 is 0 Å². The fraction of sp³-hybridized carbons (Fsp3) is 0.300. The van der Waals surface area contributed by atoms with Gasteiger partial charge in [-0.05, 0) is 29.0 Å². The number of aromatic nitrogens is 4. The summed E-state index contributed by atoms with van der Waals surface area (Å²) in [5, 5.41) is 10.9. The molecule has 0 unspecified atom stereocenters. The van der Waals surface area contributed by atoms with Gasteiger partial charge in [-0.25, -0.2) is 4.68 Å². The molecule has 0 aliphatic heterocycles. The summed E-state index contributed by atoms with van der Waals surface area (Å²) in [6.07, 6.45) is 1.59. The first-order chi connectivity index (χ1) is 6.88. The number of benzene rings is 1. The number of hydrogen-bond donors (Lipinski definition) is 0. The summed E-state index contributed by atoms with van der Waals surface area (Å²) in [4.78, 5) is 0. The molecule has 0 saturated carbocycles. The predicted octanol–water partition coefficient (Wildman–Crippen LogP) is 2.00. The SMILES string of the molecule is CC.Cc1ccccc1-n1cnnn1. The molecule has 0 aliphatic carbocycles. The van der Waals surface area contributed by atoms with E-state index in [1.165, 1.54) is 0 Å². The van der Waals surface area contributed by atoms with Crippen LogP contribution in [0.25, 0.3) is 5.69 Å². The van der Waals surface area contributed by atoms with Crippen molar-refractivity contribution in [3.8, 4) is 5.69 Å². The fourth-order valence-electron chi connectivity index (χ4n) is 1.09. The molecule has 0 radical (unpaired) electrons. The van der Waals surface area contributed by atoms with Crippen LogP contribution in [0.3, 0.4) is 0 Å². The molecule has 4 heteroatoms. The molecule has 2 aromatic rings. The first-order valence-corrected chi connectivity index (χ1v) is 4.67. The quantitative estimate of drug-likeness (QED) is 0.690. The van der Waals surface area contributed by atoms with E-state index in [1.54, 1.807) is 11.0 Å². The average Bonchev–Trinajstić information content (AvgIpc) is 2.75. The van der Waals surface area contributed by atoms with Gasteiger partial charge in [0.2, 0.25) is 0 Å². The number of rotatable bonds is 1. The molecular formula is C10H14N4. The van der Waals surface area contributed by atoms with E-state index in [1.807, 2.05) is 45.0 Å². The van der Waals surface area contributed by atoms with Crippen molar-refractivity contribution in [2.24, 2.45) is 0 Å². The molecule has 1 aromatic carbocycles. The molecule has 4 nitrogen and oxygen atoms in total. The van der Waals surface area contributed by atoms with Crippen molar-refractivity contribution in [3.63, 3.8) is 0 Å². The van der Waals surface area contributed by atoms with Crippen LogP contribution in [-0.4, -0.2) is 20.2 Å². The van der Waals surface area contributed by atoms with Crippen molar-refractivity contribution >= 4 is 0 Å². The molecule has 0 aliphatic rings. The van der Waals surface area contributed by atoms with Gasteiger partial charge in [0.15, 0.2) is 0 Å². The highest BCUT2D eigenvalue weighted by Crippen LogP contribution is 2.09. The molecule has 0 bridgehead atoms. The van der Waals surface area contributed by atoms with Gasteiger partial charge in [0.05, 0.1) is 5.69 Å². The van der Waals surface area contributed by atoms with E-state index < -0.39 is 0 Å². The molecule has 74 valence electrons. The summed E-state index contributed by atoms with van der Waals surface area (Å²) in [7, 11) is 0. The van der Waals surface area contributed by atoms with Crippen LogP contribution in [0.5, 0.6) is 0 Å². The molecular weight excluding hydrogens is 176 g/mol. The average molecular weight is 190 g/mol. The van der Waals surface area contributed by atoms with Crippen LogP contribution in [0.15, 0.2) is 30.6 Å². The van der Waals surface area contributed by atoms with E-state index in [0.717, 1.165) is 11.3 Å². The minimum Gasteiger partial charge on any atom is -0.200 e. The summed E-state index contributed by atoms with van der Waals surface area (Å²) in [6.45, 7) is 6.02. The third-order valence-corrected chi connectivity index (χ3v) is 1.71. The Kier molecular flexibility index (Phi) is 3.79. The van der Waals surface area contributed by atoms with Gasteiger partial charge >= 0.3 is 0 Å². The molecule has 0 fully saturated rings. The Balaban J connectivity index is 0.000000461. The van der Waals surface area contributed by atoms with Gasteiger partial charge in [-0.1, -0.05) is 32.0 Å². The molecule has 0 saturated heterocycles. The van der Waals surface area contributed by atoms with Gasteiger partial charge in [0.25, 0.3) is 0 Å². The normalized spacial score (nSPS) is 9.07. The monoisotopic (exact) mass is 190 g/mol. The van der Waals surface area contributed by atoms with Gasteiger partial charge in [-0.2, -0.15) is 0 Å². The molecule has 0 N–H and O–H groups in total. The fourth-order valence-corrected chi connectivity index (χ4v) is 1.09. The maximum Gasteiger partial charge on any atom is 0.143 e. The van der Waals surface area contributed by atoms with E-state index in [-0.39, 0.29) is 0 Å². The lowest BCUT2D eigenvalue weighted by atomic mass is 10.2. The smallest absolute Gasteiger partial charge is 0.143 e. The lowest BCUT2D eigenvalue weighted by Gasteiger charge is -2.01. The highest BCUT2D eigenvalue weighted by Gasteiger charge is 1.98. The van der Waals surface area contributed by atoms with Gasteiger partial charge < -0.3 is 0 Å². The Morgan fingerprint density at radius 1 is 1.14 bits per heavy atom. The first kappa shape index (κ1) is 10.4. The van der Waals surface area contributed by atoms with Crippen LogP contribution >= 0.6 is 0 Å². The Bertz CT molecular complexity index is 367. The largest absolute Gasteiger partial charge is 0.200 e. The number of hydrogen-bond acceptors (Lipinski definition) is 3. The second kappa shape index (κ2) is 5.11. The topological polar surface area (TPSA) is 43.6 Å². The second-order valence-electron chi connectivity index (χ2n) is 2.54. The third kappa shape index (κ3) is 2.16. The van der Waals surface area contributed by atoms with E-state index in [2.05, 4.69) is 15.5 Å². The molecule has 1 aromatic heterocycles. The lowest BCUT2D eigenvalue weighted by Crippen LogP contribution is -1.96. The number of nitrogens with zero attached hydrogens (tertiary/aromatic N) is 4. The van der Waals surface area contributed by atoms with Crippen LogP contribution in [-0.2, 0) is 0 Å². The molecule has 0 amide bonds. The van der Waals surface area contributed by atoms with E-state index in [0.29, 0.717) is 0 Å². The Labute approximate surface area is 83.6 Å². The Morgan fingerprint density at radius 2 is 1.86 bits per heavy atom. The van der Waals surface area contributed by atoms with Crippen molar-refractivity contribution in [3.05, 3.63) is 36.2 Å². The summed E-state index contributed by atoms with van der Waals surface area (Å²) >= 11 is 0. The van der Waals surface area contributed by atoms with Crippen molar-refractivity contribution in [2.75, 3.05) is 0 Å². The van der Waals surface area contributed by atoms with Crippen molar-refractivity contribution in [1.29, 1.82) is 0 Å². The molecule has 0 spiro atoms. The highest BCUT2D eigenvalue weighted by molar-refractivity contribution is 5.38. The summed E-state index contributed by atoms with van der Waals surface area (Å²) < 4.78 is 1.65. The lowest BCUT2D eigenvalue weighted by molar-refractivity contribution is 0.785. The zero-order valence-electron chi connectivity index (χ0n) is 8.68. The van der Waals surface area contributed by atoms with Crippen LogP contribution in [0.1, 0.15) is 19.4 Å². The van der Waals surface area contributed by atoms with Crippen molar-refractivity contribution in [1.82, 2.24) is 20.2 Å². The standard InChI is InChI=1S/C8H8N4.C2H6/c1-7-4-2-3-5-8(7)12-6-9-10-11-12;1-2/h2-6H,1H3;1-2H3. The number of para-hydroxylation sites is 1. The zero-order chi connectivity index (χ0) is 10.4. The molecule has 1 heterocycles. The first-order valence-electron chi connectivity index (χ1n) is 4.67. The molecule has 2 rings (SSSR count). The maximum absolute atomic E-state index is 3.80. The van der Waals surface area contributed by atoms with Crippen LogP contribution in [0.2, 0.25) is 0 Å². The zero-order valence-corrected chi connectivity index (χ0v) is 8.68. The summed E-state index contributed by atoms with van der Waals surface area (Å²) in [6, 6.07) is 7.95. The summed E-state index contributed by atoms with van der Waals surface area (Å²) in [5.74, 6) is 0. The van der Waals surface area contributed by atoms with Crippen LogP contribution in [0.4, 0.5) is 0 Å². The Morgan fingerprint density at radius 3 is 2.43 bits per heavy atom. The van der Waals surface area contributed by atoms with Crippen LogP contribution < -0.4 is 0 Å². The molecule has 0 atom stereocenters. The predicted molar refractivity (Wildman–Crippen MR) is 55.2 cm³/mol.